The van der Waals surface area contributed by atoms with E-state index in [0.717, 1.165) is 11.4 Å². The van der Waals surface area contributed by atoms with E-state index in [9.17, 15) is 9.59 Å². The van der Waals surface area contributed by atoms with Crippen LogP contribution < -0.4 is 16.1 Å². The predicted molar refractivity (Wildman–Crippen MR) is 121 cm³/mol. The number of benzene rings is 3. The fraction of sp³-hybridized carbons (Fsp3) is 0.0870. The van der Waals surface area contributed by atoms with Crippen molar-refractivity contribution in [1.82, 2.24) is 5.43 Å². The highest BCUT2D eigenvalue weighted by atomic mass is 35.5. The number of nitrogens with one attached hydrogen (secondary N) is 3. The van der Waals surface area contributed by atoms with Crippen LogP contribution in [0.25, 0.3) is 0 Å². The van der Waals surface area contributed by atoms with Gasteiger partial charge in [-0.05, 0) is 67.6 Å². The molecule has 0 heterocycles. The average Bonchev–Trinajstić information content (AvgIpc) is 2.74. The monoisotopic (exact) mass is 420 g/mol. The zero-order valence-electron chi connectivity index (χ0n) is 16.4. The van der Waals surface area contributed by atoms with E-state index in [1.807, 2.05) is 54.6 Å². The quantitative estimate of drug-likeness (QED) is 0.362. The molecule has 0 saturated heterocycles. The molecule has 3 rings (SSSR count). The molecule has 30 heavy (non-hydrogen) atoms. The molecule has 3 aromatic carbocycles. The number of hydrogen-bond acceptors (Lipinski definition) is 4. The first-order valence-corrected chi connectivity index (χ1v) is 9.68. The zero-order valence-corrected chi connectivity index (χ0v) is 17.1. The van der Waals surface area contributed by atoms with Crippen LogP contribution in [0.4, 0.5) is 17.1 Å². The van der Waals surface area contributed by atoms with Crippen molar-refractivity contribution in [2.24, 2.45) is 5.10 Å². The van der Waals surface area contributed by atoms with Crippen molar-refractivity contribution in [3.05, 3.63) is 89.4 Å². The van der Waals surface area contributed by atoms with E-state index in [0.29, 0.717) is 22.0 Å². The van der Waals surface area contributed by atoms with Crippen LogP contribution >= 0.6 is 11.6 Å². The molecule has 0 radical (unpaired) electrons. The summed E-state index contributed by atoms with van der Waals surface area (Å²) in [7, 11) is 0. The van der Waals surface area contributed by atoms with E-state index < -0.39 is 0 Å². The number of carbonyl (C=O) groups excluding carboxylic acids is 2. The zero-order chi connectivity index (χ0) is 21.3. The maximum atomic E-state index is 12.2. The Morgan fingerprint density at radius 3 is 2.10 bits per heavy atom. The first-order valence-electron chi connectivity index (χ1n) is 9.30. The van der Waals surface area contributed by atoms with E-state index in [1.165, 1.54) is 0 Å². The highest BCUT2D eigenvalue weighted by Gasteiger charge is 2.07. The van der Waals surface area contributed by atoms with Gasteiger partial charge in [-0.1, -0.05) is 29.8 Å². The fourth-order valence-electron chi connectivity index (χ4n) is 2.61. The molecule has 0 bridgehead atoms. The minimum absolute atomic E-state index is 0.0604. The maximum absolute atomic E-state index is 12.2. The first-order chi connectivity index (χ1) is 14.5. The van der Waals surface area contributed by atoms with Gasteiger partial charge in [-0.2, -0.15) is 5.10 Å². The second-order valence-corrected chi connectivity index (χ2v) is 7.02. The molecule has 152 valence electrons. The lowest BCUT2D eigenvalue weighted by Gasteiger charge is -2.09. The van der Waals surface area contributed by atoms with Gasteiger partial charge in [-0.15, -0.1) is 0 Å². The lowest BCUT2D eigenvalue weighted by Crippen LogP contribution is -2.21. The second kappa shape index (κ2) is 10.2. The lowest BCUT2D eigenvalue weighted by atomic mass is 10.2. The average molecular weight is 421 g/mol. The topological polar surface area (TPSA) is 82.6 Å². The third kappa shape index (κ3) is 6.46. The van der Waals surface area contributed by atoms with Crippen LogP contribution in [0.2, 0.25) is 5.02 Å². The summed E-state index contributed by atoms with van der Waals surface area (Å²) < 4.78 is 0. The van der Waals surface area contributed by atoms with Gasteiger partial charge >= 0.3 is 0 Å². The summed E-state index contributed by atoms with van der Waals surface area (Å²) in [4.78, 5) is 24.2. The van der Waals surface area contributed by atoms with Gasteiger partial charge in [0.1, 0.15) is 0 Å². The molecule has 0 atom stereocenters. The summed E-state index contributed by atoms with van der Waals surface area (Å²) in [5.41, 5.74) is 5.94. The van der Waals surface area contributed by atoms with Crippen molar-refractivity contribution in [1.29, 1.82) is 0 Å². The van der Waals surface area contributed by atoms with Gasteiger partial charge in [0.25, 0.3) is 5.91 Å². The fourth-order valence-corrected chi connectivity index (χ4v) is 2.74. The Balaban J connectivity index is 1.48. The van der Waals surface area contributed by atoms with Gasteiger partial charge in [0.15, 0.2) is 0 Å². The van der Waals surface area contributed by atoms with Gasteiger partial charge < -0.3 is 10.6 Å². The van der Waals surface area contributed by atoms with Gasteiger partial charge in [0, 0.05) is 33.4 Å². The predicted octanol–water partition coefficient (Wildman–Crippen LogP) is 5.22. The van der Waals surface area contributed by atoms with Crippen molar-refractivity contribution in [2.45, 2.75) is 13.3 Å². The Labute approximate surface area is 180 Å². The smallest absolute Gasteiger partial charge is 0.271 e. The number of hydrazone groups is 1. The molecule has 6 nitrogen and oxygen atoms in total. The summed E-state index contributed by atoms with van der Waals surface area (Å²) in [6.07, 6.45) is 0.0604. The largest absolute Gasteiger partial charge is 0.356 e. The van der Waals surface area contributed by atoms with Crippen LogP contribution in [-0.2, 0) is 4.79 Å². The minimum atomic E-state index is -0.368. The van der Waals surface area contributed by atoms with E-state index in [2.05, 4.69) is 21.2 Å². The number of rotatable bonds is 7. The highest BCUT2D eigenvalue weighted by Crippen LogP contribution is 2.18. The number of halogens is 1. The van der Waals surface area contributed by atoms with E-state index in [4.69, 9.17) is 11.6 Å². The molecule has 0 aliphatic carbocycles. The van der Waals surface area contributed by atoms with Gasteiger partial charge in [0.05, 0.1) is 6.42 Å². The Hall–Kier alpha value is -3.64. The minimum Gasteiger partial charge on any atom is -0.356 e. The normalized spacial score (nSPS) is 10.9. The number of carbonyl (C=O) groups is 2. The molecule has 3 aromatic rings. The summed E-state index contributed by atoms with van der Waals surface area (Å²) in [6.45, 7) is 1.68. The lowest BCUT2D eigenvalue weighted by molar-refractivity contribution is -0.115. The molecule has 0 aliphatic rings. The van der Waals surface area contributed by atoms with Gasteiger partial charge in [0.2, 0.25) is 5.91 Å². The Morgan fingerprint density at radius 1 is 0.833 bits per heavy atom. The van der Waals surface area contributed by atoms with Gasteiger partial charge in [-0.3, -0.25) is 9.59 Å². The summed E-state index contributed by atoms with van der Waals surface area (Å²) in [5, 5.41) is 10.6. The standard InChI is InChI=1S/C23H21ClN4O2/c1-16(27-28-23(30)17-7-9-18(24)10-8-17)15-22(29)26-21-13-11-20(12-14-21)25-19-5-3-2-4-6-19/h2-14,25H,15H2,1H3,(H,26,29)(H,28,30). The molecule has 0 aliphatic heterocycles. The molecular weight excluding hydrogens is 400 g/mol. The van der Waals surface area contributed by atoms with Crippen molar-refractivity contribution in [3.63, 3.8) is 0 Å². The number of anilines is 3. The molecule has 2 amide bonds. The number of hydrogen-bond donors (Lipinski definition) is 3. The highest BCUT2D eigenvalue weighted by molar-refractivity contribution is 6.30. The maximum Gasteiger partial charge on any atom is 0.271 e. The molecule has 0 aromatic heterocycles. The van der Waals surface area contributed by atoms with E-state index in [1.54, 1.807) is 31.2 Å². The summed E-state index contributed by atoms with van der Waals surface area (Å²) in [5.74, 6) is -0.589. The Kier molecular flexibility index (Phi) is 7.19. The van der Waals surface area contributed by atoms with Crippen LogP contribution in [0.3, 0.4) is 0 Å². The van der Waals surface area contributed by atoms with E-state index in [-0.39, 0.29) is 18.2 Å². The van der Waals surface area contributed by atoms with Crippen molar-refractivity contribution in [3.8, 4) is 0 Å². The number of nitrogens with zero attached hydrogens (tertiary/aromatic N) is 1. The molecule has 0 spiro atoms. The van der Waals surface area contributed by atoms with Crippen molar-refractivity contribution >= 4 is 46.2 Å². The molecule has 0 unspecified atom stereocenters. The molecule has 0 fully saturated rings. The van der Waals surface area contributed by atoms with Crippen LogP contribution in [0.1, 0.15) is 23.7 Å². The molecule has 3 N–H and O–H groups in total. The SMILES string of the molecule is CC(CC(=O)Nc1ccc(Nc2ccccc2)cc1)=NNC(=O)c1ccc(Cl)cc1. The van der Waals surface area contributed by atoms with Gasteiger partial charge in [-0.25, -0.2) is 5.43 Å². The first kappa shape index (κ1) is 21.1. The summed E-state index contributed by atoms with van der Waals surface area (Å²) >= 11 is 5.81. The third-order valence-electron chi connectivity index (χ3n) is 4.10. The van der Waals surface area contributed by atoms with E-state index >= 15 is 0 Å². The number of para-hydroxylation sites is 1. The second-order valence-electron chi connectivity index (χ2n) is 6.59. The summed E-state index contributed by atoms with van der Waals surface area (Å²) in [6, 6.07) is 23.7. The van der Waals surface area contributed by atoms with Crippen LogP contribution in [0, 0.1) is 0 Å². The van der Waals surface area contributed by atoms with Crippen LogP contribution in [0.5, 0.6) is 0 Å². The Bertz CT molecular complexity index is 1030. The molecule has 7 heteroatoms. The van der Waals surface area contributed by atoms with Crippen LogP contribution in [0.15, 0.2) is 84.0 Å². The Morgan fingerprint density at radius 2 is 1.43 bits per heavy atom. The van der Waals surface area contributed by atoms with Crippen molar-refractivity contribution < 1.29 is 9.59 Å². The third-order valence-corrected chi connectivity index (χ3v) is 4.35. The van der Waals surface area contributed by atoms with Crippen LogP contribution in [-0.4, -0.2) is 17.5 Å². The molecular formula is C23H21ClN4O2. The molecule has 0 saturated carbocycles. The number of amides is 2. The van der Waals surface area contributed by atoms with Crippen molar-refractivity contribution in [2.75, 3.05) is 10.6 Å².